The molecule has 0 saturated heterocycles. The van der Waals surface area contributed by atoms with Gasteiger partial charge in [0.15, 0.2) is 0 Å². The number of aromatic nitrogens is 2. The van der Waals surface area contributed by atoms with Gasteiger partial charge in [0.1, 0.15) is 0 Å². The van der Waals surface area contributed by atoms with Crippen molar-refractivity contribution in [2.24, 2.45) is 4.99 Å². The molecule has 0 bridgehead atoms. The fourth-order valence-corrected chi connectivity index (χ4v) is 4.08. The smallest absolute Gasteiger partial charge is 0.0928 e. The second-order valence-corrected chi connectivity index (χ2v) is 8.95. The molecule has 0 N–H and O–H groups in total. The van der Waals surface area contributed by atoms with E-state index in [1.54, 1.807) is 0 Å². The lowest BCUT2D eigenvalue weighted by Gasteiger charge is -2.19. The van der Waals surface area contributed by atoms with Crippen molar-refractivity contribution in [3.8, 4) is 22.5 Å². The predicted molar refractivity (Wildman–Crippen MR) is 144 cm³/mol. The monoisotopic (exact) mass is 495 g/mol. The van der Waals surface area contributed by atoms with Crippen LogP contribution in [0.15, 0.2) is 88.9 Å². The van der Waals surface area contributed by atoms with Gasteiger partial charge in [-0.1, -0.05) is 65.5 Å². The molecule has 0 spiro atoms. The minimum atomic E-state index is 0.815. The molecule has 3 aromatic rings. The average molecular weight is 496 g/mol. The van der Waals surface area contributed by atoms with E-state index in [2.05, 4.69) is 89.5 Å². The average Bonchev–Trinajstić information content (AvgIpc) is 2.83. The third kappa shape index (κ3) is 5.01. The topological polar surface area (TPSA) is 38.1 Å². The van der Waals surface area contributed by atoms with Crippen molar-refractivity contribution in [2.45, 2.75) is 26.7 Å². The number of allylic oxidation sites excluding steroid dienone is 4. The highest BCUT2D eigenvalue weighted by Gasteiger charge is 2.19. The lowest BCUT2D eigenvalue weighted by atomic mass is 9.92. The van der Waals surface area contributed by atoms with E-state index in [-0.39, 0.29) is 0 Å². The van der Waals surface area contributed by atoms with Crippen LogP contribution in [0.5, 0.6) is 0 Å². The first-order valence-electron chi connectivity index (χ1n) is 11.0. The Kier molecular flexibility index (Phi) is 6.95. The third-order valence-electron chi connectivity index (χ3n) is 5.69. The van der Waals surface area contributed by atoms with Gasteiger partial charge in [0.05, 0.1) is 28.5 Å². The van der Waals surface area contributed by atoms with Gasteiger partial charge in [0.2, 0.25) is 0 Å². The standard InChI is InChI=1S/C29H26BrN3/c1-5-21-12-13-22-14-17-27(33-29(22)28(21)31-6-2)24-9-7-8-23(18-24)26-15-10-19(3)25(32-26)16-11-20(4)30/h5-11,14-18H,1,4,12-13H2,2-3H3/b16-11-,31-6?. The van der Waals surface area contributed by atoms with Crippen LogP contribution < -0.4 is 0 Å². The fourth-order valence-electron chi connectivity index (χ4n) is 3.95. The Morgan fingerprint density at radius 3 is 2.45 bits per heavy atom. The van der Waals surface area contributed by atoms with Gasteiger partial charge in [0, 0.05) is 21.8 Å². The summed E-state index contributed by atoms with van der Waals surface area (Å²) in [7, 11) is 0. The molecule has 4 heteroatoms. The molecule has 0 unspecified atom stereocenters. The summed E-state index contributed by atoms with van der Waals surface area (Å²) >= 11 is 3.37. The summed E-state index contributed by atoms with van der Waals surface area (Å²) in [5, 5.41) is 0. The highest BCUT2D eigenvalue weighted by molar-refractivity contribution is 9.11. The molecule has 164 valence electrons. The molecular formula is C29H26BrN3. The number of benzene rings is 1. The quantitative estimate of drug-likeness (QED) is 0.256. The van der Waals surface area contributed by atoms with Crippen LogP contribution in [0.3, 0.4) is 0 Å². The molecule has 4 rings (SSSR count). The highest BCUT2D eigenvalue weighted by atomic mass is 79.9. The van der Waals surface area contributed by atoms with Crippen molar-refractivity contribution in [3.05, 3.63) is 106 Å². The molecule has 1 aliphatic carbocycles. The largest absolute Gasteiger partial charge is 0.259 e. The third-order valence-corrected chi connectivity index (χ3v) is 5.95. The first kappa shape index (κ1) is 22.8. The van der Waals surface area contributed by atoms with E-state index in [1.165, 1.54) is 5.56 Å². The zero-order chi connectivity index (χ0) is 23.4. The summed E-state index contributed by atoms with van der Waals surface area (Å²) in [6, 6.07) is 16.8. The molecule has 2 aromatic heterocycles. The maximum Gasteiger partial charge on any atom is 0.0928 e. The normalized spacial score (nSPS) is 13.5. The maximum absolute atomic E-state index is 5.03. The van der Waals surface area contributed by atoms with Gasteiger partial charge in [0.25, 0.3) is 0 Å². The Labute approximate surface area is 204 Å². The summed E-state index contributed by atoms with van der Waals surface area (Å²) in [6.07, 6.45) is 9.51. The molecule has 1 aromatic carbocycles. The molecular weight excluding hydrogens is 470 g/mol. The fraction of sp³-hybridized carbons (Fsp3) is 0.138. The maximum atomic E-state index is 5.03. The number of aliphatic imine (C=N–C) groups is 1. The van der Waals surface area contributed by atoms with Gasteiger partial charge < -0.3 is 0 Å². The molecule has 1 aliphatic rings. The summed E-state index contributed by atoms with van der Waals surface area (Å²) in [4.78, 5) is 14.5. The lowest BCUT2D eigenvalue weighted by molar-refractivity contribution is 0.918. The summed E-state index contributed by atoms with van der Waals surface area (Å²) in [5.41, 5.74) is 10.2. The number of aryl methyl sites for hydroxylation is 2. The molecule has 0 saturated carbocycles. The number of nitrogens with zero attached hydrogens (tertiary/aromatic N) is 3. The van der Waals surface area contributed by atoms with E-state index in [9.17, 15) is 0 Å². The zero-order valence-electron chi connectivity index (χ0n) is 19.0. The Bertz CT molecular complexity index is 1330. The summed E-state index contributed by atoms with van der Waals surface area (Å²) in [5.74, 6) is 0. The first-order chi connectivity index (χ1) is 16.0. The molecule has 0 amide bonds. The number of fused-ring (bicyclic) bond motifs is 1. The van der Waals surface area contributed by atoms with Crippen LogP contribution in [0.2, 0.25) is 0 Å². The minimum Gasteiger partial charge on any atom is -0.259 e. The molecule has 0 atom stereocenters. The number of halogens is 1. The SMILES string of the molecule is C=CC1=C(N=CC)c2nc(-c3cccc(-c4ccc(C)c(/C=C\C(=C)Br)n4)c3)ccc2CC1. The number of hydrogen-bond acceptors (Lipinski definition) is 3. The van der Waals surface area contributed by atoms with Crippen LogP contribution in [0.25, 0.3) is 34.3 Å². The van der Waals surface area contributed by atoms with Crippen molar-refractivity contribution >= 4 is 33.9 Å². The highest BCUT2D eigenvalue weighted by Crippen LogP contribution is 2.34. The van der Waals surface area contributed by atoms with Crippen molar-refractivity contribution < 1.29 is 0 Å². The van der Waals surface area contributed by atoms with E-state index in [0.29, 0.717) is 0 Å². The van der Waals surface area contributed by atoms with Crippen molar-refractivity contribution in [1.29, 1.82) is 0 Å². The number of pyridine rings is 2. The van der Waals surface area contributed by atoms with Gasteiger partial charge in [-0.15, -0.1) is 0 Å². The van der Waals surface area contributed by atoms with Crippen LogP contribution in [0.4, 0.5) is 0 Å². The Morgan fingerprint density at radius 2 is 1.76 bits per heavy atom. The second-order valence-electron chi connectivity index (χ2n) is 7.93. The predicted octanol–water partition coefficient (Wildman–Crippen LogP) is 7.97. The van der Waals surface area contributed by atoms with Crippen LogP contribution in [-0.2, 0) is 6.42 Å². The van der Waals surface area contributed by atoms with E-state index >= 15 is 0 Å². The summed E-state index contributed by atoms with van der Waals surface area (Å²) < 4.78 is 0.815. The van der Waals surface area contributed by atoms with Crippen LogP contribution in [-0.4, -0.2) is 16.2 Å². The molecule has 2 heterocycles. The molecule has 3 nitrogen and oxygen atoms in total. The summed E-state index contributed by atoms with van der Waals surface area (Å²) in [6.45, 7) is 11.8. The molecule has 33 heavy (non-hydrogen) atoms. The van der Waals surface area contributed by atoms with E-state index < -0.39 is 0 Å². The van der Waals surface area contributed by atoms with Crippen molar-refractivity contribution in [1.82, 2.24) is 9.97 Å². The minimum absolute atomic E-state index is 0.815. The number of hydrogen-bond donors (Lipinski definition) is 0. The zero-order valence-corrected chi connectivity index (χ0v) is 20.6. The van der Waals surface area contributed by atoms with Gasteiger partial charge in [-0.3, -0.25) is 4.99 Å². The van der Waals surface area contributed by atoms with Gasteiger partial charge >= 0.3 is 0 Å². The van der Waals surface area contributed by atoms with Crippen LogP contribution in [0, 0.1) is 6.92 Å². The number of rotatable bonds is 6. The Balaban J connectivity index is 1.75. The van der Waals surface area contributed by atoms with Gasteiger partial charge in [-0.25, -0.2) is 9.97 Å². The first-order valence-corrected chi connectivity index (χ1v) is 11.7. The van der Waals surface area contributed by atoms with E-state index in [4.69, 9.17) is 9.97 Å². The second kappa shape index (κ2) is 10.1. The van der Waals surface area contributed by atoms with Crippen LogP contribution in [0.1, 0.15) is 35.9 Å². The molecule has 0 radical (unpaired) electrons. The van der Waals surface area contributed by atoms with Crippen molar-refractivity contribution in [3.63, 3.8) is 0 Å². The van der Waals surface area contributed by atoms with E-state index in [1.807, 2.05) is 31.4 Å². The van der Waals surface area contributed by atoms with Gasteiger partial charge in [-0.2, -0.15) is 0 Å². The molecule has 0 fully saturated rings. The van der Waals surface area contributed by atoms with Crippen molar-refractivity contribution in [2.75, 3.05) is 0 Å². The Morgan fingerprint density at radius 1 is 1.03 bits per heavy atom. The van der Waals surface area contributed by atoms with Crippen LogP contribution >= 0.6 is 15.9 Å². The lowest BCUT2D eigenvalue weighted by Crippen LogP contribution is -2.06. The van der Waals surface area contributed by atoms with Gasteiger partial charge in [-0.05, 0) is 73.7 Å². The Hall–Kier alpha value is -3.37. The molecule has 0 aliphatic heterocycles. The van der Waals surface area contributed by atoms with E-state index in [0.717, 1.165) is 68.1 Å².